The van der Waals surface area contributed by atoms with Gasteiger partial charge in [0, 0.05) is 19.5 Å². The van der Waals surface area contributed by atoms with Gasteiger partial charge in [0.05, 0.1) is 12.5 Å². The molecule has 0 aromatic rings. The van der Waals surface area contributed by atoms with E-state index in [1.165, 1.54) is 4.90 Å². The van der Waals surface area contributed by atoms with Gasteiger partial charge in [0.2, 0.25) is 17.7 Å². The molecular formula is C25H35ClF3N5O5. The molecule has 0 radical (unpaired) electrons. The zero-order valence-corrected chi connectivity index (χ0v) is 23.1. The van der Waals surface area contributed by atoms with Crippen LogP contribution in [0.1, 0.15) is 47.0 Å². The van der Waals surface area contributed by atoms with E-state index in [2.05, 4.69) is 16.1 Å². The van der Waals surface area contributed by atoms with E-state index in [0.717, 1.165) is 0 Å². The lowest BCUT2D eigenvalue weighted by atomic mass is 9.95. The second-order valence-electron chi connectivity index (χ2n) is 11.8. The minimum Gasteiger partial charge on any atom is -0.356 e. The second-order valence-corrected chi connectivity index (χ2v) is 12.2. The molecule has 2 aliphatic heterocycles. The van der Waals surface area contributed by atoms with Crippen LogP contribution in [0, 0.1) is 35.0 Å². The summed E-state index contributed by atoms with van der Waals surface area (Å²) in [4.78, 5) is 65.7. The van der Waals surface area contributed by atoms with Gasteiger partial charge in [-0.05, 0) is 29.6 Å². The number of hydrogen-bond donors (Lipinski definition) is 3. The molecule has 2 aliphatic carbocycles. The monoisotopic (exact) mass is 577 g/mol. The van der Waals surface area contributed by atoms with Crippen molar-refractivity contribution < 1.29 is 37.1 Å². The van der Waals surface area contributed by atoms with Gasteiger partial charge in [0.25, 0.3) is 23.4 Å². The first-order valence-corrected chi connectivity index (χ1v) is 13.7. The van der Waals surface area contributed by atoms with Crippen molar-refractivity contribution in [2.45, 2.75) is 70.6 Å². The number of likely N-dealkylation sites (tertiary alicyclic amines) is 1. The number of nitrogens with zero attached hydrogens (tertiary/aromatic N) is 2. The SMILES string of the molecule is CC[C@@H](C)[C@H](NC(=O)[C@H]1CC1(F)F)C(=O)N1C[C@H]2[C@@H]([C@H]1C(=O)NN(C[C@@H]1CCNC1=O)C(=O)[C@@H](F)Cl)C2(C)C. The molecule has 0 spiro atoms. The number of alkyl halides is 4. The molecule has 0 aromatic carbocycles. The number of rotatable bonds is 9. The van der Waals surface area contributed by atoms with E-state index in [-0.39, 0.29) is 36.2 Å². The molecule has 218 valence electrons. The Morgan fingerprint density at radius 2 is 1.87 bits per heavy atom. The Kier molecular flexibility index (Phi) is 7.87. The Morgan fingerprint density at radius 1 is 1.23 bits per heavy atom. The van der Waals surface area contributed by atoms with Gasteiger partial charge in [-0.3, -0.25) is 29.4 Å². The van der Waals surface area contributed by atoms with Gasteiger partial charge in [-0.25, -0.2) is 18.2 Å². The fourth-order valence-electron chi connectivity index (χ4n) is 5.97. The van der Waals surface area contributed by atoms with E-state index in [0.29, 0.717) is 24.4 Å². The van der Waals surface area contributed by atoms with Crippen LogP contribution in [0.15, 0.2) is 0 Å². The molecule has 4 fully saturated rings. The maximum absolute atomic E-state index is 13.8. The summed E-state index contributed by atoms with van der Waals surface area (Å²) in [5.74, 6) is -9.86. The van der Waals surface area contributed by atoms with Crippen LogP contribution in [-0.4, -0.2) is 82.7 Å². The largest absolute Gasteiger partial charge is 0.356 e. The van der Waals surface area contributed by atoms with Crippen LogP contribution in [0.5, 0.6) is 0 Å². The van der Waals surface area contributed by atoms with E-state index >= 15 is 0 Å². The molecule has 0 unspecified atom stereocenters. The van der Waals surface area contributed by atoms with Crippen molar-refractivity contribution in [3.8, 4) is 0 Å². The molecule has 0 bridgehead atoms. The summed E-state index contributed by atoms with van der Waals surface area (Å²) >= 11 is 5.37. The number of hydrazine groups is 1. The van der Waals surface area contributed by atoms with Gasteiger partial charge in [-0.2, -0.15) is 0 Å². The number of nitrogens with one attached hydrogen (secondary N) is 3. The highest BCUT2D eigenvalue weighted by molar-refractivity contribution is 6.29. The molecule has 2 saturated carbocycles. The first-order chi connectivity index (χ1) is 18.1. The molecule has 39 heavy (non-hydrogen) atoms. The molecular weight excluding hydrogens is 543 g/mol. The third kappa shape index (κ3) is 5.55. The van der Waals surface area contributed by atoms with E-state index in [1.807, 2.05) is 13.8 Å². The Hall–Kier alpha value is -2.57. The molecule has 5 amide bonds. The molecule has 14 heteroatoms. The van der Waals surface area contributed by atoms with Crippen molar-refractivity contribution in [3.05, 3.63) is 0 Å². The molecule has 8 atom stereocenters. The zero-order valence-electron chi connectivity index (χ0n) is 22.3. The van der Waals surface area contributed by atoms with Crippen LogP contribution in [0.3, 0.4) is 0 Å². The summed E-state index contributed by atoms with van der Waals surface area (Å²) in [6.07, 6.45) is 0.256. The first-order valence-electron chi connectivity index (χ1n) is 13.3. The average molecular weight is 578 g/mol. The van der Waals surface area contributed by atoms with Crippen molar-refractivity contribution in [3.63, 3.8) is 0 Å². The third-order valence-electron chi connectivity index (χ3n) is 8.94. The van der Waals surface area contributed by atoms with Crippen LogP contribution >= 0.6 is 11.6 Å². The molecule has 3 N–H and O–H groups in total. The molecule has 10 nitrogen and oxygen atoms in total. The van der Waals surface area contributed by atoms with E-state index in [4.69, 9.17) is 11.6 Å². The summed E-state index contributed by atoms with van der Waals surface area (Å²) in [5, 5.41) is 5.77. The molecule has 2 heterocycles. The highest BCUT2D eigenvalue weighted by atomic mass is 35.5. The Bertz CT molecular complexity index is 1060. The summed E-state index contributed by atoms with van der Waals surface area (Å²) in [5.41, 5.74) is -0.383. The van der Waals surface area contributed by atoms with Gasteiger partial charge < -0.3 is 15.5 Å². The number of piperidine rings is 1. The Balaban J connectivity index is 1.54. The average Bonchev–Trinajstić information content (AvgIpc) is 3.42. The van der Waals surface area contributed by atoms with Gasteiger partial charge in [-0.1, -0.05) is 45.7 Å². The summed E-state index contributed by atoms with van der Waals surface area (Å²) < 4.78 is 40.8. The number of halogens is 4. The van der Waals surface area contributed by atoms with Crippen molar-refractivity contribution >= 4 is 41.1 Å². The Labute approximate surface area is 229 Å². The van der Waals surface area contributed by atoms with E-state index < -0.39 is 71.4 Å². The molecule has 0 aromatic heterocycles. The third-order valence-corrected chi connectivity index (χ3v) is 9.13. The normalized spacial score (nSPS) is 31.8. The van der Waals surface area contributed by atoms with Crippen LogP contribution in [-0.2, 0) is 24.0 Å². The van der Waals surface area contributed by atoms with Crippen molar-refractivity contribution in [1.82, 2.24) is 26.0 Å². The second kappa shape index (κ2) is 10.4. The molecule has 4 aliphatic rings. The van der Waals surface area contributed by atoms with E-state index in [1.54, 1.807) is 13.8 Å². The fraction of sp³-hybridized carbons (Fsp3) is 0.800. The maximum atomic E-state index is 13.8. The molecule has 4 rings (SSSR count). The standard InChI is InChI=1S/C25H35ClF3N5O5/c1-5-11(2)16(31-20(36)13-8-25(13,28)29)22(38)33-10-14-15(24(14,3)4)17(33)21(37)32-34(23(39)18(26)27)9-12-6-7-30-19(12)35/h11-18H,5-10H2,1-4H3,(H,30,35)(H,31,36)(H,32,37)/t11-,12+,13-,14+,15+,16+,17+,18-/m1/s1. The lowest BCUT2D eigenvalue weighted by Gasteiger charge is -2.36. The zero-order chi connectivity index (χ0) is 29.0. The predicted octanol–water partition coefficient (Wildman–Crippen LogP) is 1.19. The number of hydrogen-bond acceptors (Lipinski definition) is 5. The smallest absolute Gasteiger partial charge is 0.291 e. The highest BCUT2D eigenvalue weighted by Gasteiger charge is 2.70. The van der Waals surface area contributed by atoms with Crippen LogP contribution < -0.4 is 16.1 Å². The summed E-state index contributed by atoms with van der Waals surface area (Å²) in [6.45, 7) is 7.64. The van der Waals surface area contributed by atoms with Crippen LogP contribution in [0.25, 0.3) is 0 Å². The summed E-state index contributed by atoms with van der Waals surface area (Å²) in [6, 6.07) is -2.20. The maximum Gasteiger partial charge on any atom is 0.291 e. The van der Waals surface area contributed by atoms with Crippen LogP contribution in [0.2, 0.25) is 0 Å². The van der Waals surface area contributed by atoms with Crippen molar-refractivity contribution in [1.29, 1.82) is 0 Å². The molecule has 2 saturated heterocycles. The minimum absolute atomic E-state index is 0.0510. The van der Waals surface area contributed by atoms with Gasteiger partial charge in [0.15, 0.2) is 0 Å². The minimum atomic E-state index is -3.10. The van der Waals surface area contributed by atoms with Crippen molar-refractivity contribution in [2.24, 2.45) is 35.0 Å². The van der Waals surface area contributed by atoms with Gasteiger partial charge in [-0.15, -0.1) is 0 Å². The lowest BCUT2D eigenvalue weighted by Crippen LogP contribution is -2.60. The number of fused-ring (bicyclic) bond motifs is 1. The number of amides is 5. The number of carbonyl (C=O) groups is 5. The van der Waals surface area contributed by atoms with Crippen molar-refractivity contribution in [2.75, 3.05) is 19.6 Å². The quantitative estimate of drug-likeness (QED) is 0.280. The fourth-order valence-corrected chi connectivity index (χ4v) is 6.09. The first kappa shape index (κ1) is 29.4. The van der Waals surface area contributed by atoms with E-state index in [9.17, 15) is 37.1 Å². The Morgan fingerprint density at radius 3 is 2.38 bits per heavy atom. The highest BCUT2D eigenvalue weighted by Crippen LogP contribution is 2.65. The number of carbonyl (C=O) groups excluding carboxylic acids is 5. The topological polar surface area (TPSA) is 128 Å². The van der Waals surface area contributed by atoms with Crippen LogP contribution in [0.4, 0.5) is 13.2 Å². The predicted molar refractivity (Wildman–Crippen MR) is 132 cm³/mol. The van der Waals surface area contributed by atoms with Gasteiger partial charge in [0.1, 0.15) is 18.0 Å². The summed E-state index contributed by atoms with van der Waals surface area (Å²) in [7, 11) is 0. The van der Waals surface area contributed by atoms with Gasteiger partial charge >= 0.3 is 0 Å². The lowest BCUT2D eigenvalue weighted by molar-refractivity contribution is -0.150.